The third-order valence-corrected chi connectivity index (χ3v) is 4.40. The lowest BCUT2D eigenvalue weighted by atomic mass is 9.97. The number of hydrogen-bond acceptors (Lipinski definition) is 3. The molecule has 4 heteroatoms. The summed E-state index contributed by atoms with van der Waals surface area (Å²) in [6.07, 6.45) is 3.38. The van der Waals surface area contributed by atoms with Gasteiger partial charge >= 0.3 is 0 Å². The van der Waals surface area contributed by atoms with Gasteiger partial charge in [-0.25, -0.2) is 0 Å². The predicted molar refractivity (Wildman–Crippen MR) is 77.2 cm³/mol. The normalized spacial score (nSPS) is 27.4. The van der Waals surface area contributed by atoms with Gasteiger partial charge in [0.15, 0.2) is 0 Å². The summed E-state index contributed by atoms with van der Waals surface area (Å²) < 4.78 is 0. The molecular formula is C16H19N3O. The van der Waals surface area contributed by atoms with E-state index in [0.717, 1.165) is 31.5 Å². The quantitative estimate of drug-likeness (QED) is 0.885. The summed E-state index contributed by atoms with van der Waals surface area (Å²) in [5.74, 6) is 0.307. The van der Waals surface area contributed by atoms with E-state index in [2.05, 4.69) is 28.8 Å². The summed E-state index contributed by atoms with van der Waals surface area (Å²) in [6, 6.07) is 10.5. The topological polar surface area (TPSA) is 64.9 Å². The first-order valence-electron chi connectivity index (χ1n) is 7.29. The Morgan fingerprint density at radius 3 is 3.10 bits per heavy atom. The summed E-state index contributed by atoms with van der Waals surface area (Å²) in [4.78, 5) is 12.2. The smallest absolute Gasteiger partial charge is 0.220 e. The highest BCUT2D eigenvalue weighted by Crippen LogP contribution is 2.33. The highest BCUT2D eigenvalue weighted by Gasteiger charge is 2.30. The zero-order chi connectivity index (χ0) is 13.9. The summed E-state index contributed by atoms with van der Waals surface area (Å²) in [7, 11) is 0. The van der Waals surface area contributed by atoms with Crippen LogP contribution in [0.25, 0.3) is 0 Å². The van der Waals surface area contributed by atoms with Crippen molar-refractivity contribution in [1.29, 1.82) is 5.26 Å². The third kappa shape index (κ3) is 2.49. The molecule has 2 N–H and O–H groups in total. The van der Waals surface area contributed by atoms with Gasteiger partial charge in [-0.05, 0) is 30.9 Å². The van der Waals surface area contributed by atoms with Crippen LogP contribution in [0.15, 0.2) is 24.3 Å². The van der Waals surface area contributed by atoms with Gasteiger partial charge in [0.05, 0.1) is 12.0 Å². The molecule has 104 valence electrons. The van der Waals surface area contributed by atoms with Gasteiger partial charge in [-0.15, -0.1) is 0 Å². The summed E-state index contributed by atoms with van der Waals surface area (Å²) in [5.41, 5.74) is 2.37. The fourth-order valence-corrected chi connectivity index (χ4v) is 3.32. The van der Waals surface area contributed by atoms with Crippen LogP contribution in [0.1, 0.15) is 37.2 Å². The molecule has 1 amide bonds. The van der Waals surface area contributed by atoms with Crippen molar-refractivity contribution in [3.63, 3.8) is 0 Å². The fourth-order valence-electron chi connectivity index (χ4n) is 3.32. The standard InChI is InChI=1S/C16H19N3O/c17-9-11-4-3-7-14(11)19-16(20)8-12-10-18-15-6-2-1-5-13(12)15/h1-2,5-6,11-12,14,18H,3-4,7-8,10H2,(H,19,20). The number of fused-ring (bicyclic) bond motifs is 1. The van der Waals surface area contributed by atoms with Crippen molar-refractivity contribution in [2.45, 2.75) is 37.6 Å². The number of hydrogen-bond donors (Lipinski definition) is 2. The Morgan fingerprint density at radius 2 is 2.25 bits per heavy atom. The second-order valence-electron chi connectivity index (χ2n) is 5.71. The monoisotopic (exact) mass is 269 g/mol. The third-order valence-electron chi connectivity index (χ3n) is 4.40. The number of nitrogens with zero attached hydrogens (tertiary/aromatic N) is 1. The van der Waals surface area contributed by atoms with Gasteiger partial charge < -0.3 is 10.6 Å². The lowest BCUT2D eigenvalue weighted by Crippen LogP contribution is -2.37. The molecular weight excluding hydrogens is 250 g/mol. The second-order valence-corrected chi connectivity index (χ2v) is 5.71. The van der Waals surface area contributed by atoms with Gasteiger partial charge in [-0.2, -0.15) is 5.26 Å². The lowest BCUT2D eigenvalue weighted by Gasteiger charge is -2.17. The van der Waals surface area contributed by atoms with Crippen LogP contribution in [0.3, 0.4) is 0 Å². The minimum atomic E-state index is -0.00654. The average Bonchev–Trinajstić information content (AvgIpc) is 3.06. The van der Waals surface area contributed by atoms with Gasteiger partial charge in [0, 0.05) is 30.6 Å². The number of rotatable bonds is 3. The van der Waals surface area contributed by atoms with Crippen molar-refractivity contribution in [1.82, 2.24) is 5.32 Å². The molecule has 0 aromatic heterocycles. The van der Waals surface area contributed by atoms with Crippen LogP contribution < -0.4 is 10.6 Å². The number of benzene rings is 1. The Hall–Kier alpha value is -2.02. The Morgan fingerprint density at radius 1 is 1.40 bits per heavy atom. The second kappa shape index (κ2) is 5.54. The van der Waals surface area contributed by atoms with E-state index in [1.165, 1.54) is 5.56 Å². The van der Waals surface area contributed by atoms with Crippen molar-refractivity contribution < 1.29 is 4.79 Å². The van der Waals surface area contributed by atoms with Crippen LogP contribution in [0, 0.1) is 17.2 Å². The Labute approximate surface area is 119 Å². The lowest BCUT2D eigenvalue weighted by molar-refractivity contribution is -0.122. The summed E-state index contributed by atoms with van der Waals surface area (Å²) in [6.45, 7) is 0.819. The molecule has 4 nitrogen and oxygen atoms in total. The predicted octanol–water partition coefficient (Wildman–Crippen LogP) is 2.39. The molecule has 3 rings (SSSR count). The highest BCUT2D eigenvalue weighted by molar-refractivity contribution is 5.78. The molecule has 0 radical (unpaired) electrons. The Bertz CT molecular complexity index is 549. The van der Waals surface area contributed by atoms with Crippen LogP contribution in [0.4, 0.5) is 5.69 Å². The Balaban J connectivity index is 1.59. The number of nitrogens with one attached hydrogen (secondary N) is 2. The molecule has 0 saturated heterocycles. The van der Waals surface area contributed by atoms with Crippen molar-refractivity contribution in [3.8, 4) is 6.07 Å². The number of nitriles is 1. The fraction of sp³-hybridized carbons (Fsp3) is 0.500. The molecule has 1 aliphatic heterocycles. The van der Waals surface area contributed by atoms with E-state index in [1.54, 1.807) is 0 Å². The van der Waals surface area contributed by atoms with Crippen LogP contribution in [-0.2, 0) is 4.79 Å². The molecule has 1 heterocycles. The van der Waals surface area contributed by atoms with E-state index in [0.29, 0.717) is 6.42 Å². The van der Waals surface area contributed by atoms with Gasteiger partial charge in [0.25, 0.3) is 0 Å². The largest absolute Gasteiger partial charge is 0.384 e. The van der Waals surface area contributed by atoms with E-state index in [-0.39, 0.29) is 23.8 Å². The number of anilines is 1. The SMILES string of the molecule is N#CC1CCCC1NC(=O)CC1CNc2ccccc21. The van der Waals surface area contributed by atoms with E-state index in [9.17, 15) is 4.79 Å². The molecule has 0 bridgehead atoms. The molecule has 1 aliphatic carbocycles. The summed E-state index contributed by atoms with van der Waals surface area (Å²) in [5, 5.41) is 15.4. The highest BCUT2D eigenvalue weighted by atomic mass is 16.1. The van der Waals surface area contributed by atoms with Crippen molar-refractivity contribution >= 4 is 11.6 Å². The molecule has 3 atom stereocenters. The van der Waals surface area contributed by atoms with Crippen molar-refractivity contribution in [2.75, 3.05) is 11.9 Å². The average molecular weight is 269 g/mol. The van der Waals surface area contributed by atoms with Crippen molar-refractivity contribution in [3.05, 3.63) is 29.8 Å². The van der Waals surface area contributed by atoms with Gasteiger partial charge in [0.1, 0.15) is 0 Å². The molecule has 1 aromatic rings. The van der Waals surface area contributed by atoms with E-state index < -0.39 is 0 Å². The van der Waals surface area contributed by atoms with Gasteiger partial charge in [0.2, 0.25) is 5.91 Å². The van der Waals surface area contributed by atoms with Gasteiger partial charge in [-0.3, -0.25) is 4.79 Å². The molecule has 20 heavy (non-hydrogen) atoms. The summed E-state index contributed by atoms with van der Waals surface area (Å²) >= 11 is 0. The molecule has 0 spiro atoms. The maximum absolute atomic E-state index is 12.2. The first-order valence-corrected chi connectivity index (χ1v) is 7.29. The molecule has 2 aliphatic rings. The molecule has 1 saturated carbocycles. The van der Waals surface area contributed by atoms with Crippen LogP contribution >= 0.6 is 0 Å². The zero-order valence-electron chi connectivity index (χ0n) is 11.4. The first kappa shape index (κ1) is 13.0. The van der Waals surface area contributed by atoms with E-state index in [4.69, 9.17) is 5.26 Å². The number of carbonyl (C=O) groups is 1. The maximum Gasteiger partial charge on any atom is 0.220 e. The zero-order valence-corrected chi connectivity index (χ0v) is 11.4. The minimum Gasteiger partial charge on any atom is -0.384 e. The van der Waals surface area contributed by atoms with E-state index >= 15 is 0 Å². The maximum atomic E-state index is 12.2. The van der Waals surface area contributed by atoms with E-state index in [1.807, 2.05) is 12.1 Å². The van der Waals surface area contributed by atoms with Crippen LogP contribution in [0.5, 0.6) is 0 Å². The first-order chi connectivity index (χ1) is 9.78. The van der Waals surface area contributed by atoms with Crippen LogP contribution in [-0.4, -0.2) is 18.5 Å². The Kier molecular flexibility index (Phi) is 3.60. The number of para-hydroxylation sites is 1. The molecule has 3 unspecified atom stereocenters. The number of carbonyl (C=O) groups excluding carboxylic acids is 1. The van der Waals surface area contributed by atoms with Gasteiger partial charge in [-0.1, -0.05) is 18.2 Å². The van der Waals surface area contributed by atoms with Crippen LogP contribution in [0.2, 0.25) is 0 Å². The minimum absolute atomic E-state index is 0.00654. The number of amides is 1. The molecule has 1 aromatic carbocycles. The molecule has 1 fully saturated rings. The van der Waals surface area contributed by atoms with Crippen molar-refractivity contribution in [2.24, 2.45) is 5.92 Å².